The van der Waals surface area contributed by atoms with Gasteiger partial charge in [-0.3, -0.25) is 9.79 Å². The van der Waals surface area contributed by atoms with E-state index in [-0.39, 0.29) is 25.3 Å². The lowest BCUT2D eigenvalue weighted by atomic mass is 10.1. The van der Waals surface area contributed by atoms with Crippen LogP contribution in [0.25, 0.3) is 0 Å². The minimum Gasteiger partial charge on any atom is -0.497 e. The molecule has 0 saturated carbocycles. The second kappa shape index (κ2) is 13.2. The second-order valence-electron chi connectivity index (χ2n) is 6.60. The summed E-state index contributed by atoms with van der Waals surface area (Å²) >= 11 is 0. The van der Waals surface area contributed by atoms with Crippen LogP contribution in [-0.2, 0) is 4.74 Å². The number of halogens is 3. The maximum atomic E-state index is 13.2. The summed E-state index contributed by atoms with van der Waals surface area (Å²) in [5.74, 6) is 0.165. The van der Waals surface area contributed by atoms with Gasteiger partial charge in [-0.2, -0.15) is 28.5 Å². The molecular weight excluding hydrogens is 441 g/mol. The number of ether oxygens (including phenoxy) is 2. The highest BCUT2D eigenvalue weighted by Crippen LogP contribution is 2.28. The fourth-order valence-corrected chi connectivity index (χ4v) is 2.85. The van der Waals surface area contributed by atoms with Gasteiger partial charge in [-0.05, 0) is 26.0 Å². The van der Waals surface area contributed by atoms with E-state index in [2.05, 4.69) is 33.9 Å². The predicted molar refractivity (Wildman–Crippen MR) is 123 cm³/mol. The Morgan fingerprint density at radius 3 is 2.48 bits per heavy atom. The highest BCUT2D eigenvalue weighted by molar-refractivity contribution is 6.00. The van der Waals surface area contributed by atoms with Crippen molar-refractivity contribution >= 4 is 31.2 Å². The normalized spacial score (nSPS) is 12.9. The van der Waals surface area contributed by atoms with Gasteiger partial charge in [-0.1, -0.05) is 0 Å². The first-order valence-electron chi connectivity index (χ1n) is 9.87. The Hall–Kier alpha value is -3.41. The lowest BCUT2D eigenvalue weighted by Crippen LogP contribution is -2.42. The molecule has 0 aliphatic carbocycles. The smallest absolute Gasteiger partial charge is 0.419 e. The highest BCUT2D eigenvalue weighted by atomic mass is 19.4. The van der Waals surface area contributed by atoms with Crippen molar-refractivity contribution in [3.05, 3.63) is 35.5 Å². The summed E-state index contributed by atoms with van der Waals surface area (Å²) < 4.78 is 49.1. The van der Waals surface area contributed by atoms with Crippen LogP contribution in [0, 0.1) is 0 Å². The zero-order valence-electron chi connectivity index (χ0n) is 19.1. The Morgan fingerprint density at radius 2 is 1.97 bits per heavy atom. The first-order valence-corrected chi connectivity index (χ1v) is 9.87. The number of hydrogen-bond donors (Lipinski definition) is 1. The molecule has 1 amide bonds. The number of alkyl halides is 3. The molecule has 0 saturated heterocycles. The van der Waals surface area contributed by atoms with Crippen LogP contribution in [0.4, 0.5) is 18.9 Å². The number of nitrogens with zero attached hydrogens (tertiary/aromatic N) is 5. The summed E-state index contributed by atoms with van der Waals surface area (Å²) in [4.78, 5) is 18.2. The number of anilines is 1. The number of methoxy groups -OCH3 is 1. The number of rotatable bonds is 13. The van der Waals surface area contributed by atoms with Crippen molar-refractivity contribution in [3.8, 4) is 5.75 Å². The molecular formula is C21H29F3N6O3. The third kappa shape index (κ3) is 7.90. The summed E-state index contributed by atoms with van der Waals surface area (Å²) in [6, 6.07) is 4.41. The number of benzene rings is 1. The molecule has 1 aromatic carbocycles. The highest BCUT2D eigenvalue weighted by Gasteiger charge is 2.32. The Labute approximate surface area is 191 Å². The van der Waals surface area contributed by atoms with E-state index in [4.69, 9.17) is 9.47 Å². The quantitative estimate of drug-likeness (QED) is 0.207. The van der Waals surface area contributed by atoms with Crippen LogP contribution in [0.3, 0.4) is 0 Å². The monoisotopic (exact) mass is 470 g/mol. The minimum atomic E-state index is -4.53. The molecule has 0 aromatic heterocycles. The number of carbonyl (C=O) groups excluding carboxylic acids is 1. The number of nitrogens with one attached hydrogen (secondary N) is 1. The maximum Gasteiger partial charge on any atom is 0.419 e. The summed E-state index contributed by atoms with van der Waals surface area (Å²) in [5.41, 5.74) is -0.311. The van der Waals surface area contributed by atoms with Crippen molar-refractivity contribution in [2.24, 2.45) is 15.2 Å². The van der Waals surface area contributed by atoms with Gasteiger partial charge >= 0.3 is 6.18 Å². The summed E-state index contributed by atoms with van der Waals surface area (Å²) in [5, 5.41) is 11.0. The molecule has 0 heterocycles. The molecule has 0 radical (unpaired) electrons. The van der Waals surface area contributed by atoms with Crippen LogP contribution in [0.15, 0.2) is 45.2 Å². The number of amides is 1. The van der Waals surface area contributed by atoms with Gasteiger partial charge < -0.3 is 19.7 Å². The number of carbonyl (C=O) groups is 1. The molecule has 0 bridgehead atoms. The van der Waals surface area contributed by atoms with Gasteiger partial charge in [-0.15, -0.1) is 0 Å². The summed E-state index contributed by atoms with van der Waals surface area (Å²) in [7, 11) is 2.74. The molecule has 9 nitrogen and oxygen atoms in total. The van der Waals surface area contributed by atoms with E-state index in [1.807, 2.05) is 0 Å². The average Bonchev–Trinajstić information content (AvgIpc) is 2.78. The van der Waals surface area contributed by atoms with Gasteiger partial charge in [0.2, 0.25) is 0 Å². The molecule has 1 rings (SSSR count). The number of hydrazone groups is 2. The molecule has 1 atom stereocenters. The molecule has 0 unspecified atom stereocenters. The van der Waals surface area contributed by atoms with Crippen molar-refractivity contribution in [2.45, 2.75) is 26.1 Å². The fraction of sp³-hybridized carbons (Fsp3) is 0.429. The number of likely N-dealkylation sites (N-methyl/N-ethyl adjacent to an activating group) is 1. The molecule has 12 heteroatoms. The fourth-order valence-electron chi connectivity index (χ4n) is 2.85. The molecule has 1 N–H and O–H groups in total. The van der Waals surface area contributed by atoms with Gasteiger partial charge in [-0.25, -0.2) is 0 Å². The van der Waals surface area contributed by atoms with Crippen molar-refractivity contribution in [3.63, 3.8) is 0 Å². The van der Waals surface area contributed by atoms with Crippen LogP contribution in [0.1, 0.15) is 24.2 Å². The van der Waals surface area contributed by atoms with E-state index in [1.165, 1.54) is 14.2 Å². The standard InChI is InChI=1S/C21H29F3N6O3/c1-7-29(15(2)13-33-14-28-12-16(11-25-3)21(22,23)24)20(31)18-9-8-17(32-6)10-19(18)30(26-4)27-5/h8-12,15,28H,4-5,7,13-14H2,1-3,6H3/t15-/m0/s1. The molecule has 0 spiro atoms. The zero-order valence-corrected chi connectivity index (χ0v) is 19.1. The van der Waals surface area contributed by atoms with Crippen LogP contribution in [0.2, 0.25) is 0 Å². The van der Waals surface area contributed by atoms with E-state index in [0.717, 1.165) is 11.3 Å². The average molecular weight is 470 g/mol. The molecule has 0 aliphatic rings. The van der Waals surface area contributed by atoms with Crippen LogP contribution < -0.4 is 15.2 Å². The Morgan fingerprint density at radius 1 is 1.30 bits per heavy atom. The van der Waals surface area contributed by atoms with Crippen LogP contribution >= 0.6 is 0 Å². The van der Waals surface area contributed by atoms with Gasteiger partial charge in [0.15, 0.2) is 0 Å². The van der Waals surface area contributed by atoms with E-state index in [0.29, 0.717) is 29.8 Å². The van der Waals surface area contributed by atoms with Crippen LogP contribution in [0.5, 0.6) is 5.75 Å². The lowest BCUT2D eigenvalue weighted by molar-refractivity contribution is -0.0861. The molecule has 1 aromatic rings. The number of aliphatic imine (C=N–C) groups is 1. The van der Waals surface area contributed by atoms with E-state index < -0.39 is 11.7 Å². The maximum absolute atomic E-state index is 13.2. The third-order valence-corrected chi connectivity index (χ3v) is 4.45. The van der Waals surface area contributed by atoms with Gasteiger partial charge in [0.25, 0.3) is 5.91 Å². The molecule has 0 fully saturated rings. The van der Waals surface area contributed by atoms with Crippen molar-refractivity contribution < 1.29 is 27.4 Å². The van der Waals surface area contributed by atoms with Gasteiger partial charge in [0.1, 0.15) is 18.2 Å². The van der Waals surface area contributed by atoms with Crippen molar-refractivity contribution in [1.29, 1.82) is 0 Å². The third-order valence-electron chi connectivity index (χ3n) is 4.45. The predicted octanol–water partition coefficient (Wildman–Crippen LogP) is 3.29. The van der Waals surface area contributed by atoms with E-state index in [1.54, 1.807) is 36.9 Å². The van der Waals surface area contributed by atoms with Crippen molar-refractivity contribution in [2.75, 3.05) is 39.2 Å². The molecule has 0 aliphatic heterocycles. The Balaban J connectivity index is 2.90. The largest absolute Gasteiger partial charge is 0.497 e. The Bertz CT molecular complexity index is 865. The summed E-state index contributed by atoms with van der Waals surface area (Å²) in [6.45, 7) is 10.7. The first kappa shape index (κ1) is 27.6. The zero-order chi connectivity index (χ0) is 25.0. The van der Waals surface area contributed by atoms with E-state index in [9.17, 15) is 18.0 Å². The summed E-state index contributed by atoms with van der Waals surface area (Å²) in [6.07, 6.45) is -3.04. The molecule has 182 valence electrons. The van der Waals surface area contributed by atoms with Crippen LogP contribution in [-0.4, -0.2) is 76.7 Å². The number of allylic oxidation sites excluding steroid dienone is 1. The number of hydrogen-bond acceptors (Lipinski definition) is 8. The second-order valence-corrected chi connectivity index (χ2v) is 6.60. The van der Waals surface area contributed by atoms with Gasteiger partial charge in [0.05, 0.1) is 30.9 Å². The molecule has 33 heavy (non-hydrogen) atoms. The van der Waals surface area contributed by atoms with Crippen molar-refractivity contribution in [1.82, 2.24) is 10.2 Å². The SMILES string of the molecule is C=NN(N=C)c1cc(OC)ccc1C(=O)N(CC)[C@@H](C)COCNC=C(C=NC)C(F)(F)F. The lowest BCUT2D eigenvalue weighted by Gasteiger charge is -2.29. The Kier molecular flexibility index (Phi) is 11.1. The topological polar surface area (TPSA) is 91.1 Å². The van der Waals surface area contributed by atoms with Gasteiger partial charge in [0, 0.05) is 45.5 Å². The van der Waals surface area contributed by atoms with E-state index >= 15 is 0 Å². The minimum absolute atomic E-state index is 0.0816. The first-order chi connectivity index (χ1) is 15.6.